The molecule has 0 saturated heterocycles. The van der Waals surface area contributed by atoms with Crippen LogP contribution in [-0.4, -0.2) is 29.6 Å². The molecule has 1 aromatic carbocycles. The van der Waals surface area contributed by atoms with Crippen LogP contribution in [0.15, 0.2) is 33.9 Å². The number of nitrogens with one attached hydrogen (secondary N) is 1. The van der Waals surface area contributed by atoms with Crippen LogP contribution in [0.5, 0.6) is 5.75 Å². The smallest absolute Gasteiger partial charge is 0.276 e. The fourth-order valence-corrected chi connectivity index (χ4v) is 2.80. The van der Waals surface area contributed by atoms with Gasteiger partial charge in [-0.05, 0) is 31.2 Å². The summed E-state index contributed by atoms with van der Waals surface area (Å²) < 4.78 is 11.0. The molecule has 0 radical (unpaired) electrons. The molecule has 0 bridgehead atoms. The average Bonchev–Trinajstić information content (AvgIpc) is 2.92. The van der Waals surface area contributed by atoms with Gasteiger partial charge in [-0.2, -0.15) is 0 Å². The number of rotatable bonds is 8. The molecule has 0 saturated carbocycles. The van der Waals surface area contributed by atoms with Gasteiger partial charge in [0.05, 0.1) is 6.61 Å². The Kier molecular flexibility index (Phi) is 6.07. The van der Waals surface area contributed by atoms with Crippen molar-refractivity contribution in [3.8, 4) is 5.75 Å². The van der Waals surface area contributed by atoms with Gasteiger partial charge >= 0.3 is 0 Å². The molecule has 0 aliphatic heterocycles. The van der Waals surface area contributed by atoms with Gasteiger partial charge in [0.2, 0.25) is 5.89 Å². The van der Waals surface area contributed by atoms with Crippen LogP contribution in [0.25, 0.3) is 0 Å². The van der Waals surface area contributed by atoms with Gasteiger partial charge in [0.25, 0.3) is 5.22 Å². The molecule has 0 fully saturated rings. The van der Waals surface area contributed by atoms with Crippen molar-refractivity contribution >= 4 is 11.8 Å². The molecular formula is C15H21N3O2S. The summed E-state index contributed by atoms with van der Waals surface area (Å²) in [5.74, 6) is 2.33. The maximum Gasteiger partial charge on any atom is 0.276 e. The molecule has 1 heterocycles. The SMILES string of the molecule is CCCOc1ccc(C(CSc2nnc(C)o2)NC)cc1. The van der Waals surface area contributed by atoms with Gasteiger partial charge in [0.1, 0.15) is 5.75 Å². The number of thioether (sulfide) groups is 1. The first-order valence-electron chi connectivity index (χ1n) is 7.06. The van der Waals surface area contributed by atoms with Crippen LogP contribution in [0, 0.1) is 6.92 Å². The number of hydrogen-bond donors (Lipinski definition) is 1. The van der Waals surface area contributed by atoms with E-state index in [9.17, 15) is 0 Å². The zero-order valence-electron chi connectivity index (χ0n) is 12.6. The Morgan fingerprint density at radius 2 is 2.05 bits per heavy atom. The largest absolute Gasteiger partial charge is 0.494 e. The van der Waals surface area contributed by atoms with Gasteiger partial charge in [-0.25, -0.2) is 0 Å². The third-order valence-corrected chi connectivity index (χ3v) is 3.90. The molecular weight excluding hydrogens is 286 g/mol. The summed E-state index contributed by atoms with van der Waals surface area (Å²) in [5.41, 5.74) is 1.21. The Labute approximate surface area is 129 Å². The zero-order chi connectivity index (χ0) is 15.1. The summed E-state index contributed by atoms with van der Waals surface area (Å²) in [4.78, 5) is 0. The molecule has 1 N–H and O–H groups in total. The molecule has 0 spiro atoms. The van der Waals surface area contributed by atoms with Crippen molar-refractivity contribution in [2.75, 3.05) is 19.4 Å². The summed E-state index contributed by atoms with van der Waals surface area (Å²) in [6.07, 6.45) is 1.02. The number of aromatic nitrogens is 2. The highest BCUT2D eigenvalue weighted by molar-refractivity contribution is 7.99. The van der Waals surface area contributed by atoms with E-state index in [-0.39, 0.29) is 6.04 Å². The van der Waals surface area contributed by atoms with Gasteiger partial charge in [0.15, 0.2) is 0 Å². The van der Waals surface area contributed by atoms with E-state index in [2.05, 4.69) is 34.6 Å². The molecule has 0 amide bonds. The second-order valence-electron chi connectivity index (χ2n) is 4.66. The van der Waals surface area contributed by atoms with Crippen molar-refractivity contribution in [1.29, 1.82) is 0 Å². The van der Waals surface area contributed by atoms with E-state index < -0.39 is 0 Å². The minimum absolute atomic E-state index is 0.224. The van der Waals surface area contributed by atoms with Crippen LogP contribution < -0.4 is 10.1 Å². The number of hydrogen-bond acceptors (Lipinski definition) is 6. The molecule has 0 aliphatic carbocycles. The summed E-state index contributed by atoms with van der Waals surface area (Å²) in [6.45, 7) is 4.64. The number of aryl methyl sites for hydroxylation is 1. The lowest BCUT2D eigenvalue weighted by Crippen LogP contribution is -2.18. The van der Waals surface area contributed by atoms with E-state index in [1.165, 1.54) is 5.56 Å². The molecule has 2 rings (SSSR count). The maximum atomic E-state index is 5.60. The Bertz CT molecular complexity index is 542. The predicted molar refractivity (Wildman–Crippen MR) is 83.8 cm³/mol. The van der Waals surface area contributed by atoms with E-state index in [1.54, 1.807) is 18.7 Å². The normalized spacial score (nSPS) is 12.3. The van der Waals surface area contributed by atoms with Gasteiger partial charge < -0.3 is 14.5 Å². The topological polar surface area (TPSA) is 60.2 Å². The van der Waals surface area contributed by atoms with Crippen LogP contribution in [0.3, 0.4) is 0 Å². The third kappa shape index (κ3) is 4.75. The van der Waals surface area contributed by atoms with Crippen LogP contribution >= 0.6 is 11.8 Å². The summed E-state index contributed by atoms with van der Waals surface area (Å²) in [6, 6.07) is 8.42. The highest BCUT2D eigenvalue weighted by Gasteiger charge is 2.12. The maximum absolute atomic E-state index is 5.60. The predicted octanol–water partition coefficient (Wildman–Crippen LogP) is 3.22. The lowest BCUT2D eigenvalue weighted by Gasteiger charge is -2.15. The first-order chi connectivity index (χ1) is 10.2. The highest BCUT2D eigenvalue weighted by atomic mass is 32.2. The van der Waals surface area contributed by atoms with Crippen molar-refractivity contribution in [3.63, 3.8) is 0 Å². The Morgan fingerprint density at radius 3 is 2.62 bits per heavy atom. The van der Waals surface area contributed by atoms with Gasteiger partial charge in [-0.3, -0.25) is 0 Å². The monoisotopic (exact) mass is 307 g/mol. The number of ether oxygens (including phenoxy) is 1. The minimum Gasteiger partial charge on any atom is -0.494 e. The first kappa shape index (κ1) is 15.9. The van der Waals surface area contributed by atoms with Crippen molar-refractivity contribution < 1.29 is 9.15 Å². The Balaban J connectivity index is 1.93. The van der Waals surface area contributed by atoms with E-state index in [4.69, 9.17) is 9.15 Å². The molecule has 1 aromatic heterocycles. The van der Waals surface area contributed by atoms with E-state index in [0.29, 0.717) is 11.1 Å². The van der Waals surface area contributed by atoms with Crippen molar-refractivity contribution in [2.45, 2.75) is 31.5 Å². The van der Waals surface area contributed by atoms with E-state index in [1.807, 2.05) is 19.2 Å². The summed E-state index contributed by atoms with van der Waals surface area (Å²) in [7, 11) is 1.95. The molecule has 2 aromatic rings. The van der Waals surface area contributed by atoms with Crippen LogP contribution in [-0.2, 0) is 0 Å². The van der Waals surface area contributed by atoms with Gasteiger partial charge in [-0.15, -0.1) is 10.2 Å². The number of nitrogens with zero attached hydrogens (tertiary/aromatic N) is 2. The van der Waals surface area contributed by atoms with Crippen molar-refractivity contribution in [1.82, 2.24) is 15.5 Å². The Morgan fingerprint density at radius 1 is 1.29 bits per heavy atom. The molecule has 114 valence electrons. The van der Waals surface area contributed by atoms with Gasteiger partial charge in [0, 0.05) is 18.7 Å². The second kappa shape index (κ2) is 8.05. The lowest BCUT2D eigenvalue weighted by molar-refractivity contribution is 0.317. The zero-order valence-corrected chi connectivity index (χ0v) is 13.4. The minimum atomic E-state index is 0.224. The quantitative estimate of drug-likeness (QED) is 0.756. The van der Waals surface area contributed by atoms with Crippen molar-refractivity contribution in [3.05, 3.63) is 35.7 Å². The third-order valence-electron chi connectivity index (χ3n) is 2.98. The molecule has 6 heteroatoms. The van der Waals surface area contributed by atoms with Gasteiger partial charge in [-0.1, -0.05) is 30.8 Å². The first-order valence-corrected chi connectivity index (χ1v) is 8.04. The molecule has 1 atom stereocenters. The fourth-order valence-electron chi connectivity index (χ4n) is 1.85. The molecule has 0 aliphatic rings. The lowest BCUT2D eigenvalue weighted by atomic mass is 10.1. The van der Waals surface area contributed by atoms with E-state index in [0.717, 1.165) is 24.5 Å². The summed E-state index contributed by atoms with van der Waals surface area (Å²) >= 11 is 1.55. The van der Waals surface area contributed by atoms with Crippen molar-refractivity contribution in [2.24, 2.45) is 0 Å². The fraction of sp³-hybridized carbons (Fsp3) is 0.467. The highest BCUT2D eigenvalue weighted by Crippen LogP contribution is 2.25. The molecule has 5 nitrogen and oxygen atoms in total. The van der Waals surface area contributed by atoms with Crippen LogP contribution in [0.4, 0.5) is 0 Å². The molecule has 21 heavy (non-hydrogen) atoms. The van der Waals surface area contributed by atoms with E-state index >= 15 is 0 Å². The summed E-state index contributed by atoms with van der Waals surface area (Å²) in [5, 5.41) is 11.7. The van der Waals surface area contributed by atoms with Crippen LogP contribution in [0.2, 0.25) is 0 Å². The number of benzene rings is 1. The second-order valence-corrected chi connectivity index (χ2v) is 5.63. The molecule has 1 unspecified atom stereocenters. The Hall–Kier alpha value is -1.53. The average molecular weight is 307 g/mol. The van der Waals surface area contributed by atoms with Crippen LogP contribution in [0.1, 0.15) is 30.8 Å². The standard InChI is InChI=1S/C15H21N3O2S/c1-4-9-19-13-7-5-12(6-8-13)14(16-3)10-21-15-18-17-11(2)20-15/h5-8,14,16H,4,9-10H2,1-3H3.